The number of carbonyl (C=O) groups is 1. The summed E-state index contributed by atoms with van der Waals surface area (Å²) in [5.41, 5.74) is 5.59. The lowest BCUT2D eigenvalue weighted by Crippen LogP contribution is -2.50. The number of hydrogen-bond acceptors (Lipinski definition) is 6. The molecule has 8 heteroatoms. The number of fused-ring (bicyclic) bond motifs is 1. The predicted molar refractivity (Wildman–Crippen MR) is 130 cm³/mol. The molecule has 0 bridgehead atoms. The standard InChI is InChI=1S/C25H29N5O2S/c1-3-32-20-14-12-18(13-15-20)21-22(24(31)29-16-8-7-9-17(29)2)33-25-27-26-23(30(25)28-21)19-10-5-4-6-11-19/h4-6,10-15,17,21-22,28H,3,7-9,16H2,1-2H3. The van der Waals surface area contributed by atoms with E-state index in [9.17, 15) is 4.79 Å². The Kier molecular flexibility index (Phi) is 6.26. The lowest BCUT2D eigenvalue weighted by atomic mass is 9.99. The Balaban J connectivity index is 1.51. The first kappa shape index (κ1) is 21.8. The lowest BCUT2D eigenvalue weighted by Gasteiger charge is -2.39. The molecule has 1 saturated heterocycles. The van der Waals surface area contributed by atoms with Gasteiger partial charge in [-0.3, -0.25) is 4.79 Å². The third kappa shape index (κ3) is 4.31. The summed E-state index contributed by atoms with van der Waals surface area (Å²) in [6, 6.07) is 18.0. The first-order valence-electron chi connectivity index (χ1n) is 11.6. The van der Waals surface area contributed by atoms with Crippen LogP contribution in [0.5, 0.6) is 5.75 Å². The second-order valence-electron chi connectivity index (χ2n) is 8.53. The molecule has 2 aromatic carbocycles. The van der Waals surface area contributed by atoms with Gasteiger partial charge in [0, 0.05) is 18.2 Å². The highest BCUT2D eigenvalue weighted by atomic mass is 32.2. The average Bonchev–Trinajstić information content (AvgIpc) is 3.27. The minimum absolute atomic E-state index is 0.161. The van der Waals surface area contributed by atoms with Crippen molar-refractivity contribution in [1.82, 2.24) is 19.8 Å². The van der Waals surface area contributed by atoms with Gasteiger partial charge in [0.05, 0.1) is 12.6 Å². The van der Waals surface area contributed by atoms with Gasteiger partial charge in [0.1, 0.15) is 11.0 Å². The molecule has 5 rings (SSSR count). The fourth-order valence-electron chi connectivity index (χ4n) is 4.59. The third-order valence-electron chi connectivity index (χ3n) is 6.35. The molecule has 3 heterocycles. The molecule has 0 saturated carbocycles. The van der Waals surface area contributed by atoms with Gasteiger partial charge in [-0.05, 0) is 50.8 Å². The van der Waals surface area contributed by atoms with Gasteiger partial charge in [0.15, 0.2) is 5.82 Å². The van der Waals surface area contributed by atoms with E-state index in [1.54, 1.807) is 0 Å². The van der Waals surface area contributed by atoms with Crippen molar-refractivity contribution >= 4 is 17.7 Å². The summed E-state index contributed by atoms with van der Waals surface area (Å²) in [5, 5.41) is 9.24. The molecule has 2 aliphatic heterocycles. The van der Waals surface area contributed by atoms with E-state index in [0.717, 1.165) is 42.1 Å². The van der Waals surface area contributed by atoms with Crippen LogP contribution < -0.4 is 10.2 Å². The fraction of sp³-hybridized carbons (Fsp3) is 0.400. The largest absolute Gasteiger partial charge is 0.494 e. The Morgan fingerprint density at radius 2 is 1.91 bits per heavy atom. The Labute approximate surface area is 198 Å². The van der Waals surface area contributed by atoms with E-state index in [-0.39, 0.29) is 23.2 Å². The van der Waals surface area contributed by atoms with Crippen LogP contribution in [0.15, 0.2) is 59.8 Å². The van der Waals surface area contributed by atoms with Crippen LogP contribution in [0.25, 0.3) is 11.4 Å². The average molecular weight is 464 g/mol. The van der Waals surface area contributed by atoms with Crippen molar-refractivity contribution in [1.29, 1.82) is 0 Å². The number of aromatic nitrogens is 3. The Bertz CT molecular complexity index is 1100. The molecule has 0 aliphatic carbocycles. The van der Waals surface area contributed by atoms with Crippen LogP contribution in [0.2, 0.25) is 0 Å². The Morgan fingerprint density at radius 3 is 2.64 bits per heavy atom. The zero-order valence-electron chi connectivity index (χ0n) is 19.0. The second-order valence-corrected chi connectivity index (χ2v) is 9.64. The van der Waals surface area contributed by atoms with Crippen LogP contribution in [-0.4, -0.2) is 50.1 Å². The van der Waals surface area contributed by atoms with E-state index in [1.165, 1.54) is 18.2 Å². The number of benzene rings is 2. The van der Waals surface area contributed by atoms with Gasteiger partial charge < -0.3 is 15.1 Å². The molecule has 3 aromatic rings. The zero-order chi connectivity index (χ0) is 22.8. The van der Waals surface area contributed by atoms with E-state index in [4.69, 9.17) is 4.74 Å². The maximum absolute atomic E-state index is 13.8. The van der Waals surface area contributed by atoms with Gasteiger partial charge in [-0.15, -0.1) is 10.2 Å². The van der Waals surface area contributed by atoms with Crippen molar-refractivity contribution < 1.29 is 9.53 Å². The molecule has 0 radical (unpaired) electrons. The molecule has 7 nitrogen and oxygen atoms in total. The number of hydrogen-bond donors (Lipinski definition) is 1. The van der Waals surface area contributed by atoms with E-state index >= 15 is 0 Å². The van der Waals surface area contributed by atoms with E-state index < -0.39 is 0 Å². The minimum atomic E-state index is -0.330. The van der Waals surface area contributed by atoms with Gasteiger partial charge in [0.2, 0.25) is 11.1 Å². The lowest BCUT2D eigenvalue weighted by molar-refractivity contribution is -0.134. The van der Waals surface area contributed by atoms with Crippen LogP contribution >= 0.6 is 11.8 Å². The fourth-order valence-corrected chi connectivity index (χ4v) is 5.74. The number of thioether (sulfide) groups is 1. The highest BCUT2D eigenvalue weighted by molar-refractivity contribution is 8.00. The Morgan fingerprint density at radius 1 is 1.12 bits per heavy atom. The first-order valence-corrected chi connectivity index (χ1v) is 12.5. The second kappa shape index (κ2) is 9.47. The number of carbonyl (C=O) groups excluding carboxylic acids is 1. The molecule has 172 valence electrons. The number of piperidine rings is 1. The molecule has 33 heavy (non-hydrogen) atoms. The van der Waals surface area contributed by atoms with Crippen molar-refractivity contribution in [2.24, 2.45) is 0 Å². The van der Waals surface area contributed by atoms with E-state index in [1.807, 2.05) is 66.2 Å². The molecule has 0 spiro atoms. The highest BCUT2D eigenvalue weighted by Gasteiger charge is 2.41. The number of ether oxygens (including phenoxy) is 1. The summed E-state index contributed by atoms with van der Waals surface area (Å²) in [6.45, 7) is 5.56. The van der Waals surface area contributed by atoms with E-state index in [0.29, 0.717) is 11.8 Å². The van der Waals surface area contributed by atoms with Crippen LogP contribution in [0.3, 0.4) is 0 Å². The molecule has 1 fully saturated rings. The maximum Gasteiger partial charge on any atom is 0.238 e. The van der Waals surface area contributed by atoms with E-state index in [2.05, 4.69) is 27.4 Å². The normalized spacial score (nSPS) is 22.4. The Hall–Kier alpha value is -3.00. The highest BCUT2D eigenvalue weighted by Crippen LogP contribution is 2.40. The maximum atomic E-state index is 13.8. The number of likely N-dealkylation sites (tertiary alicyclic amines) is 1. The summed E-state index contributed by atoms with van der Waals surface area (Å²) in [5.74, 6) is 1.73. The van der Waals surface area contributed by atoms with Gasteiger partial charge in [0.25, 0.3) is 0 Å². The molecule has 1 aromatic heterocycles. The monoisotopic (exact) mass is 463 g/mol. The predicted octanol–water partition coefficient (Wildman–Crippen LogP) is 4.50. The smallest absolute Gasteiger partial charge is 0.238 e. The number of rotatable bonds is 5. The molecule has 3 atom stereocenters. The molecule has 1 amide bonds. The van der Waals surface area contributed by atoms with Crippen LogP contribution in [0.4, 0.5) is 0 Å². The van der Waals surface area contributed by atoms with Gasteiger partial charge >= 0.3 is 0 Å². The van der Waals surface area contributed by atoms with Crippen molar-refractivity contribution in [2.45, 2.75) is 55.6 Å². The molecular weight excluding hydrogens is 434 g/mol. The van der Waals surface area contributed by atoms with Gasteiger partial charge in [-0.2, -0.15) is 0 Å². The summed E-state index contributed by atoms with van der Waals surface area (Å²) < 4.78 is 7.55. The number of nitrogens with one attached hydrogen (secondary N) is 1. The van der Waals surface area contributed by atoms with Crippen molar-refractivity contribution in [2.75, 3.05) is 18.6 Å². The third-order valence-corrected chi connectivity index (χ3v) is 7.55. The topological polar surface area (TPSA) is 72.3 Å². The minimum Gasteiger partial charge on any atom is -0.494 e. The van der Waals surface area contributed by atoms with Crippen molar-refractivity contribution in [3.8, 4) is 17.1 Å². The van der Waals surface area contributed by atoms with Gasteiger partial charge in [-0.25, -0.2) is 4.68 Å². The molecule has 3 unspecified atom stereocenters. The number of nitrogens with zero attached hydrogens (tertiary/aromatic N) is 4. The molecule has 2 aliphatic rings. The van der Waals surface area contributed by atoms with Crippen molar-refractivity contribution in [3.05, 3.63) is 60.2 Å². The van der Waals surface area contributed by atoms with Crippen LogP contribution in [-0.2, 0) is 4.79 Å². The number of amides is 1. The summed E-state index contributed by atoms with van der Waals surface area (Å²) in [4.78, 5) is 15.8. The molecule has 1 N–H and O–H groups in total. The zero-order valence-corrected chi connectivity index (χ0v) is 19.8. The first-order chi connectivity index (χ1) is 16.2. The van der Waals surface area contributed by atoms with Crippen LogP contribution in [0.1, 0.15) is 44.7 Å². The van der Waals surface area contributed by atoms with Crippen LogP contribution in [0, 0.1) is 0 Å². The summed E-state index contributed by atoms with van der Waals surface area (Å²) >= 11 is 1.50. The SMILES string of the molecule is CCOc1ccc(C2Nn3c(nnc3-c3ccccc3)SC2C(=O)N2CCCCC2C)cc1. The molecular formula is C25H29N5O2S. The van der Waals surface area contributed by atoms with Gasteiger partial charge in [-0.1, -0.05) is 54.2 Å². The van der Waals surface area contributed by atoms with Crippen molar-refractivity contribution in [3.63, 3.8) is 0 Å². The quantitative estimate of drug-likeness (QED) is 0.601. The summed E-state index contributed by atoms with van der Waals surface area (Å²) in [6.07, 6.45) is 3.29. The summed E-state index contributed by atoms with van der Waals surface area (Å²) in [7, 11) is 0.